The predicted octanol–water partition coefficient (Wildman–Crippen LogP) is 1.73. The number of anilines is 2. The monoisotopic (exact) mass is 260 g/mol. The van der Waals surface area contributed by atoms with Gasteiger partial charge >= 0.3 is 0 Å². The molecule has 102 valence electrons. The van der Waals surface area contributed by atoms with Crippen molar-refractivity contribution >= 4 is 11.6 Å². The molecule has 6 nitrogen and oxygen atoms in total. The molecule has 0 radical (unpaired) electrons. The van der Waals surface area contributed by atoms with Crippen LogP contribution in [0.15, 0.2) is 12.3 Å². The number of aromatic nitrogens is 4. The second-order valence-electron chi connectivity index (χ2n) is 4.43. The van der Waals surface area contributed by atoms with Crippen LogP contribution >= 0.6 is 0 Å². The minimum absolute atomic E-state index is 0.711. The Hall–Kier alpha value is -2.11. The molecule has 2 aromatic heterocycles. The lowest BCUT2D eigenvalue weighted by Crippen LogP contribution is -2.06. The van der Waals surface area contributed by atoms with Crippen LogP contribution in [0.25, 0.3) is 0 Å². The lowest BCUT2D eigenvalue weighted by molar-refractivity contribution is 0.756. The smallest absolute Gasteiger partial charge is 0.132 e. The predicted molar refractivity (Wildman–Crippen MR) is 76.2 cm³/mol. The standard InChI is InChI=1S/C13H20N6/c1-5-11-16-12(14-3)6-13(17-11)15-7-10-8-19(4)18-9(10)2/h6,8H,5,7H2,1-4H3,(H2,14,15,16,17). The lowest BCUT2D eigenvalue weighted by atomic mass is 10.2. The highest BCUT2D eigenvalue weighted by molar-refractivity contribution is 5.47. The Bertz CT molecular complexity index is 538. The van der Waals surface area contributed by atoms with Crippen LogP contribution in [-0.4, -0.2) is 26.8 Å². The molecule has 2 N–H and O–H groups in total. The first-order chi connectivity index (χ1) is 9.12. The van der Waals surface area contributed by atoms with E-state index in [2.05, 4.69) is 25.7 Å². The Morgan fingerprint density at radius 2 is 2.00 bits per heavy atom. The van der Waals surface area contributed by atoms with Crippen LogP contribution in [0.5, 0.6) is 0 Å². The van der Waals surface area contributed by atoms with E-state index < -0.39 is 0 Å². The second kappa shape index (κ2) is 5.69. The molecule has 0 aliphatic rings. The molecular weight excluding hydrogens is 240 g/mol. The molecule has 2 rings (SSSR count). The summed E-state index contributed by atoms with van der Waals surface area (Å²) in [6, 6.07) is 1.91. The molecule has 0 unspecified atom stereocenters. The van der Waals surface area contributed by atoms with Gasteiger partial charge < -0.3 is 10.6 Å². The molecule has 0 atom stereocenters. The third-order valence-electron chi connectivity index (χ3n) is 2.92. The first kappa shape index (κ1) is 13.3. The van der Waals surface area contributed by atoms with Gasteiger partial charge in [-0.2, -0.15) is 5.10 Å². The van der Waals surface area contributed by atoms with E-state index in [1.54, 1.807) is 0 Å². The van der Waals surface area contributed by atoms with Crippen LogP contribution in [0.2, 0.25) is 0 Å². The summed E-state index contributed by atoms with van der Waals surface area (Å²) in [5, 5.41) is 10.7. The van der Waals surface area contributed by atoms with Crippen molar-refractivity contribution in [1.29, 1.82) is 0 Å². The maximum Gasteiger partial charge on any atom is 0.132 e. The maximum absolute atomic E-state index is 4.46. The average molecular weight is 260 g/mol. The van der Waals surface area contributed by atoms with Gasteiger partial charge in [-0.1, -0.05) is 6.92 Å². The van der Waals surface area contributed by atoms with Gasteiger partial charge in [-0.15, -0.1) is 0 Å². The summed E-state index contributed by atoms with van der Waals surface area (Å²) in [4.78, 5) is 8.83. The SMILES string of the molecule is CCc1nc(NC)cc(NCc2cn(C)nc2C)n1. The van der Waals surface area contributed by atoms with Gasteiger partial charge in [0.25, 0.3) is 0 Å². The number of rotatable bonds is 5. The highest BCUT2D eigenvalue weighted by atomic mass is 15.3. The summed E-state index contributed by atoms with van der Waals surface area (Å²) in [5.41, 5.74) is 2.21. The molecule has 0 spiro atoms. The van der Waals surface area contributed by atoms with E-state index in [1.165, 1.54) is 5.56 Å². The fourth-order valence-corrected chi connectivity index (χ4v) is 1.88. The van der Waals surface area contributed by atoms with Crippen molar-refractivity contribution in [2.24, 2.45) is 7.05 Å². The van der Waals surface area contributed by atoms with Gasteiger partial charge in [-0.3, -0.25) is 4.68 Å². The molecule has 0 saturated heterocycles. The molecular formula is C13H20N6. The zero-order valence-electron chi connectivity index (χ0n) is 11.9. The molecule has 6 heteroatoms. The third-order valence-corrected chi connectivity index (χ3v) is 2.92. The first-order valence-electron chi connectivity index (χ1n) is 6.41. The van der Waals surface area contributed by atoms with E-state index in [0.717, 1.165) is 29.6 Å². The van der Waals surface area contributed by atoms with Crippen molar-refractivity contribution in [1.82, 2.24) is 19.7 Å². The minimum Gasteiger partial charge on any atom is -0.373 e. The minimum atomic E-state index is 0.711. The number of aryl methyl sites for hydroxylation is 3. The van der Waals surface area contributed by atoms with E-state index >= 15 is 0 Å². The summed E-state index contributed by atoms with van der Waals surface area (Å²) in [7, 11) is 3.78. The van der Waals surface area contributed by atoms with E-state index in [-0.39, 0.29) is 0 Å². The van der Waals surface area contributed by atoms with Gasteiger partial charge in [0, 0.05) is 44.9 Å². The van der Waals surface area contributed by atoms with E-state index in [1.807, 2.05) is 44.9 Å². The number of nitrogens with one attached hydrogen (secondary N) is 2. The normalized spacial score (nSPS) is 10.5. The van der Waals surface area contributed by atoms with Crippen LogP contribution in [0.3, 0.4) is 0 Å². The largest absolute Gasteiger partial charge is 0.373 e. The average Bonchev–Trinajstić information content (AvgIpc) is 2.74. The summed E-state index contributed by atoms with van der Waals surface area (Å²) in [6.45, 7) is 4.76. The van der Waals surface area contributed by atoms with E-state index in [4.69, 9.17) is 0 Å². The molecule has 0 fully saturated rings. The van der Waals surface area contributed by atoms with Gasteiger partial charge in [0.2, 0.25) is 0 Å². The quantitative estimate of drug-likeness (QED) is 0.857. The number of nitrogens with zero attached hydrogens (tertiary/aromatic N) is 4. The zero-order valence-corrected chi connectivity index (χ0v) is 11.9. The van der Waals surface area contributed by atoms with Crippen molar-refractivity contribution in [3.63, 3.8) is 0 Å². The molecule has 0 bridgehead atoms. The Morgan fingerprint density at radius 3 is 2.58 bits per heavy atom. The second-order valence-corrected chi connectivity index (χ2v) is 4.43. The summed E-state index contributed by atoms with van der Waals surface area (Å²) in [5.74, 6) is 2.49. The summed E-state index contributed by atoms with van der Waals surface area (Å²) in [6.07, 6.45) is 2.83. The van der Waals surface area contributed by atoms with Crippen molar-refractivity contribution in [2.75, 3.05) is 17.7 Å². The first-order valence-corrected chi connectivity index (χ1v) is 6.41. The van der Waals surface area contributed by atoms with Gasteiger partial charge in [-0.25, -0.2) is 9.97 Å². The Balaban J connectivity index is 2.12. The van der Waals surface area contributed by atoms with Crippen molar-refractivity contribution in [3.05, 3.63) is 29.3 Å². The van der Waals surface area contributed by atoms with E-state index in [9.17, 15) is 0 Å². The molecule has 0 aliphatic carbocycles. The maximum atomic E-state index is 4.46. The third kappa shape index (κ3) is 3.21. The van der Waals surface area contributed by atoms with Gasteiger partial charge in [0.1, 0.15) is 17.5 Å². The Labute approximate surface area is 113 Å². The summed E-state index contributed by atoms with van der Waals surface area (Å²) >= 11 is 0. The molecule has 2 aromatic rings. The fourth-order valence-electron chi connectivity index (χ4n) is 1.88. The van der Waals surface area contributed by atoms with Crippen LogP contribution in [0.4, 0.5) is 11.6 Å². The highest BCUT2D eigenvalue weighted by Gasteiger charge is 2.05. The van der Waals surface area contributed by atoms with E-state index in [0.29, 0.717) is 6.54 Å². The molecule has 0 aromatic carbocycles. The van der Waals surface area contributed by atoms with Gasteiger partial charge in [-0.05, 0) is 6.92 Å². The number of hydrogen-bond donors (Lipinski definition) is 2. The van der Waals surface area contributed by atoms with Gasteiger partial charge in [0.05, 0.1) is 5.69 Å². The topological polar surface area (TPSA) is 67.7 Å². The number of hydrogen-bond acceptors (Lipinski definition) is 5. The fraction of sp³-hybridized carbons (Fsp3) is 0.462. The molecule has 0 aliphatic heterocycles. The Kier molecular flexibility index (Phi) is 3.99. The summed E-state index contributed by atoms with van der Waals surface area (Å²) < 4.78 is 1.82. The van der Waals surface area contributed by atoms with Crippen LogP contribution < -0.4 is 10.6 Å². The molecule has 0 amide bonds. The van der Waals surface area contributed by atoms with Crippen molar-refractivity contribution < 1.29 is 0 Å². The lowest BCUT2D eigenvalue weighted by Gasteiger charge is -2.08. The van der Waals surface area contributed by atoms with Crippen LogP contribution in [0, 0.1) is 6.92 Å². The van der Waals surface area contributed by atoms with Crippen molar-refractivity contribution in [2.45, 2.75) is 26.8 Å². The van der Waals surface area contributed by atoms with Gasteiger partial charge in [0.15, 0.2) is 0 Å². The highest BCUT2D eigenvalue weighted by Crippen LogP contribution is 2.13. The zero-order chi connectivity index (χ0) is 13.8. The van der Waals surface area contributed by atoms with Crippen molar-refractivity contribution in [3.8, 4) is 0 Å². The van der Waals surface area contributed by atoms with Crippen LogP contribution in [-0.2, 0) is 20.0 Å². The molecule has 2 heterocycles. The molecule has 19 heavy (non-hydrogen) atoms. The Morgan fingerprint density at radius 1 is 1.26 bits per heavy atom. The molecule has 0 saturated carbocycles. The van der Waals surface area contributed by atoms with Crippen LogP contribution in [0.1, 0.15) is 24.0 Å².